The molecule has 9 heteroatoms. The summed E-state index contributed by atoms with van der Waals surface area (Å²) in [6.07, 6.45) is 0.128. The monoisotopic (exact) mass is 273 g/mol. The maximum atomic E-state index is 11.6. The molecule has 0 saturated carbocycles. The van der Waals surface area contributed by atoms with Gasteiger partial charge in [0.15, 0.2) is 0 Å². The Bertz CT molecular complexity index is 552. The highest BCUT2D eigenvalue weighted by Crippen LogP contribution is 2.15. The van der Waals surface area contributed by atoms with Crippen molar-refractivity contribution in [1.29, 1.82) is 0 Å². The van der Waals surface area contributed by atoms with Gasteiger partial charge >= 0.3 is 0 Å². The molecule has 0 radical (unpaired) electrons. The van der Waals surface area contributed by atoms with Gasteiger partial charge in [-0.1, -0.05) is 6.92 Å². The summed E-state index contributed by atoms with van der Waals surface area (Å²) >= 11 is 0. The number of benzene rings is 1. The lowest BCUT2D eigenvalue weighted by Crippen LogP contribution is -2.41. The van der Waals surface area contributed by atoms with Gasteiger partial charge in [0.2, 0.25) is 5.91 Å². The summed E-state index contributed by atoms with van der Waals surface area (Å²) in [6, 6.07) is 4.30. The minimum atomic E-state index is -3.91. The van der Waals surface area contributed by atoms with E-state index in [1.165, 1.54) is 0 Å². The fourth-order valence-corrected chi connectivity index (χ4v) is 1.88. The molecule has 0 unspecified atom stereocenters. The number of carbonyl (C=O) groups excluding carboxylic acids is 1. The molecule has 2 N–H and O–H groups in total. The van der Waals surface area contributed by atoms with E-state index in [2.05, 4.69) is 0 Å². The number of nitrogens with one attached hydrogen (secondary N) is 2. The highest BCUT2D eigenvalue weighted by molar-refractivity contribution is 7.89. The van der Waals surface area contributed by atoms with Crippen LogP contribution in [0, 0.1) is 10.1 Å². The van der Waals surface area contributed by atoms with Gasteiger partial charge in [-0.2, -0.15) is 0 Å². The Hall–Kier alpha value is -2.00. The van der Waals surface area contributed by atoms with Gasteiger partial charge in [-0.3, -0.25) is 20.3 Å². The second-order valence-corrected chi connectivity index (χ2v) is 4.94. The molecule has 1 aromatic carbocycles. The SMILES string of the molecule is CCC(=O)NNS(=O)(=O)c1ccc([N+](=O)[O-])cc1. The Labute approximate surface area is 103 Å². The number of nitro benzene ring substituents is 1. The second-order valence-electron chi connectivity index (χ2n) is 3.26. The zero-order chi connectivity index (χ0) is 13.8. The van der Waals surface area contributed by atoms with E-state index in [1.807, 2.05) is 10.3 Å². The molecule has 0 fully saturated rings. The van der Waals surface area contributed by atoms with Gasteiger partial charge in [-0.15, -0.1) is 4.83 Å². The number of hydrogen-bond acceptors (Lipinski definition) is 5. The highest BCUT2D eigenvalue weighted by atomic mass is 32.2. The summed E-state index contributed by atoms with van der Waals surface area (Å²) in [5, 5.41) is 10.4. The van der Waals surface area contributed by atoms with Gasteiger partial charge in [0.25, 0.3) is 15.7 Å². The summed E-state index contributed by atoms with van der Waals surface area (Å²) in [6.45, 7) is 1.56. The predicted molar refractivity (Wildman–Crippen MR) is 61.9 cm³/mol. The Morgan fingerprint density at radius 1 is 1.33 bits per heavy atom. The molecule has 0 aliphatic heterocycles. The van der Waals surface area contributed by atoms with Gasteiger partial charge in [0.1, 0.15) is 0 Å². The number of rotatable bonds is 5. The Balaban J connectivity index is 2.85. The summed E-state index contributed by atoms with van der Waals surface area (Å²) in [5.74, 6) is -0.486. The van der Waals surface area contributed by atoms with Crippen molar-refractivity contribution >= 4 is 21.6 Å². The fourth-order valence-electron chi connectivity index (χ4n) is 1.02. The smallest absolute Gasteiger partial charge is 0.269 e. The third-order valence-electron chi connectivity index (χ3n) is 2.00. The average molecular weight is 273 g/mol. The molecule has 18 heavy (non-hydrogen) atoms. The van der Waals surface area contributed by atoms with Crippen LogP contribution in [0.2, 0.25) is 0 Å². The maximum Gasteiger partial charge on any atom is 0.269 e. The highest BCUT2D eigenvalue weighted by Gasteiger charge is 2.16. The first-order valence-corrected chi connectivity index (χ1v) is 6.40. The third kappa shape index (κ3) is 3.50. The molecule has 1 rings (SSSR count). The van der Waals surface area contributed by atoms with Crippen LogP contribution in [0.3, 0.4) is 0 Å². The van der Waals surface area contributed by atoms with Crippen molar-refractivity contribution in [3.8, 4) is 0 Å². The number of sulfonamides is 1. The van der Waals surface area contributed by atoms with E-state index in [4.69, 9.17) is 0 Å². The standard InChI is InChI=1S/C9H11N3O5S/c1-2-9(13)10-11-18(16,17)8-5-3-7(4-6-8)12(14)15/h3-6,11H,2H2,1H3,(H,10,13). The first kappa shape index (κ1) is 14.1. The number of non-ortho nitro benzene ring substituents is 1. The molecule has 0 aliphatic rings. The predicted octanol–water partition coefficient (Wildman–Crippen LogP) is 0.314. The molecule has 98 valence electrons. The van der Waals surface area contributed by atoms with Gasteiger partial charge in [0.05, 0.1) is 9.82 Å². The number of hydrazine groups is 1. The molecule has 1 amide bonds. The molecular formula is C9H11N3O5S. The number of carbonyl (C=O) groups is 1. The Kier molecular flexibility index (Phi) is 4.34. The van der Waals surface area contributed by atoms with Crippen LogP contribution < -0.4 is 10.3 Å². The van der Waals surface area contributed by atoms with E-state index in [9.17, 15) is 23.3 Å². The quantitative estimate of drug-likeness (QED) is 0.591. The molecule has 0 aromatic heterocycles. The summed E-state index contributed by atoms with van der Waals surface area (Å²) < 4.78 is 23.3. The summed E-state index contributed by atoms with van der Waals surface area (Å²) in [7, 11) is -3.91. The lowest BCUT2D eigenvalue weighted by Gasteiger charge is -2.07. The Morgan fingerprint density at radius 2 is 1.89 bits per heavy atom. The topological polar surface area (TPSA) is 118 Å². The van der Waals surface area contributed by atoms with Crippen LogP contribution in [0.5, 0.6) is 0 Å². The van der Waals surface area contributed by atoms with Crippen LogP contribution in [0.4, 0.5) is 5.69 Å². The molecule has 8 nitrogen and oxygen atoms in total. The van der Waals surface area contributed by atoms with Crippen LogP contribution in [-0.2, 0) is 14.8 Å². The first-order valence-electron chi connectivity index (χ1n) is 4.92. The molecule has 0 aliphatic carbocycles. The van der Waals surface area contributed by atoms with Crippen molar-refractivity contribution in [2.24, 2.45) is 0 Å². The van der Waals surface area contributed by atoms with Gasteiger partial charge in [-0.05, 0) is 12.1 Å². The van der Waals surface area contributed by atoms with Crippen LogP contribution >= 0.6 is 0 Å². The minimum absolute atomic E-state index is 0.128. The van der Waals surface area contributed by atoms with E-state index >= 15 is 0 Å². The zero-order valence-corrected chi connectivity index (χ0v) is 10.2. The van der Waals surface area contributed by atoms with Crippen LogP contribution in [0.15, 0.2) is 29.2 Å². The second kappa shape index (κ2) is 5.56. The molecule has 0 bridgehead atoms. The van der Waals surface area contributed by atoms with E-state index in [0.29, 0.717) is 0 Å². The van der Waals surface area contributed by atoms with Crippen molar-refractivity contribution in [2.45, 2.75) is 18.2 Å². The van der Waals surface area contributed by atoms with Crippen molar-refractivity contribution < 1.29 is 18.1 Å². The summed E-state index contributed by atoms with van der Waals surface area (Å²) in [4.78, 5) is 22.4. The summed E-state index contributed by atoms with van der Waals surface area (Å²) in [5.41, 5.74) is 1.78. The van der Waals surface area contributed by atoms with E-state index in [-0.39, 0.29) is 17.0 Å². The number of nitrogens with zero attached hydrogens (tertiary/aromatic N) is 1. The largest absolute Gasteiger partial charge is 0.278 e. The number of amides is 1. The normalized spacial score (nSPS) is 10.9. The molecular weight excluding hydrogens is 262 g/mol. The first-order chi connectivity index (χ1) is 8.36. The Morgan fingerprint density at radius 3 is 2.33 bits per heavy atom. The maximum absolute atomic E-state index is 11.6. The average Bonchev–Trinajstić information content (AvgIpc) is 2.36. The molecule has 0 atom stereocenters. The minimum Gasteiger partial charge on any atom is -0.278 e. The molecule has 0 heterocycles. The van der Waals surface area contributed by atoms with Crippen molar-refractivity contribution in [3.05, 3.63) is 34.4 Å². The van der Waals surface area contributed by atoms with E-state index < -0.39 is 20.9 Å². The van der Waals surface area contributed by atoms with Crippen LogP contribution in [0.1, 0.15) is 13.3 Å². The van der Waals surface area contributed by atoms with Crippen molar-refractivity contribution in [3.63, 3.8) is 0 Å². The lowest BCUT2D eigenvalue weighted by molar-refractivity contribution is -0.384. The fraction of sp³-hybridized carbons (Fsp3) is 0.222. The van der Waals surface area contributed by atoms with E-state index in [0.717, 1.165) is 24.3 Å². The van der Waals surface area contributed by atoms with Crippen LogP contribution in [0.25, 0.3) is 0 Å². The lowest BCUT2D eigenvalue weighted by atomic mass is 10.3. The van der Waals surface area contributed by atoms with Gasteiger partial charge < -0.3 is 0 Å². The van der Waals surface area contributed by atoms with Crippen molar-refractivity contribution in [1.82, 2.24) is 10.3 Å². The molecule has 1 aromatic rings. The number of nitro groups is 1. The van der Waals surface area contributed by atoms with Gasteiger partial charge in [-0.25, -0.2) is 8.42 Å². The molecule has 0 saturated heterocycles. The molecule has 0 spiro atoms. The zero-order valence-electron chi connectivity index (χ0n) is 9.41. The van der Waals surface area contributed by atoms with E-state index in [1.54, 1.807) is 6.92 Å². The van der Waals surface area contributed by atoms with Crippen LogP contribution in [-0.4, -0.2) is 19.2 Å². The van der Waals surface area contributed by atoms with Crippen molar-refractivity contribution in [2.75, 3.05) is 0 Å². The third-order valence-corrected chi connectivity index (χ3v) is 3.27. The van der Waals surface area contributed by atoms with Gasteiger partial charge in [0, 0.05) is 18.6 Å². The number of hydrogen-bond donors (Lipinski definition) is 2.